The lowest BCUT2D eigenvalue weighted by Crippen LogP contribution is -2.13. The maximum absolute atomic E-state index is 12.1. The van der Waals surface area contributed by atoms with Gasteiger partial charge in [-0.05, 0) is 30.9 Å². The molecule has 0 N–H and O–H groups in total. The second-order valence-corrected chi connectivity index (χ2v) is 6.74. The molecule has 1 aliphatic rings. The van der Waals surface area contributed by atoms with Crippen molar-refractivity contribution in [3.63, 3.8) is 0 Å². The molecule has 1 heterocycles. The van der Waals surface area contributed by atoms with E-state index in [1.165, 1.54) is 0 Å². The molecule has 0 unspecified atom stereocenters. The van der Waals surface area contributed by atoms with Crippen LogP contribution in [0.2, 0.25) is 0 Å². The molecule has 5 heteroatoms. The number of sulfone groups is 1. The van der Waals surface area contributed by atoms with Crippen molar-refractivity contribution in [2.75, 3.05) is 0 Å². The molecule has 0 saturated heterocycles. The van der Waals surface area contributed by atoms with Gasteiger partial charge in [0, 0.05) is 5.69 Å². The Balaban J connectivity index is 2.58. The SMILES string of the molecule is CC(C)c1ccc(C#N)c(S(=O)(=O)C2CC2)n1. The van der Waals surface area contributed by atoms with Gasteiger partial charge >= 0.3 is 0 Å². The van der Waals surface area contributed by atoms with E-state index in [4.69, 9.17) is 5.26 Å². The van der Waals surface area contributed by atoms with Crippen LogP contribution in [0.3, 0.4) is 0 Å². The number of hydrogen-bond acceptors (Lipinski definition) is 4. The summed E-state index contributed by atoms with van der Waals surface area (Å²) in [5, 5.41) is 8.60. The molecule has 0 aliphatic heterocycles. The number of pyridine rings is 1. The average molecular weight is 250 g/mol. The van der Waals surface area contributed by atoms with Crippen LogP contribution in [0, 0.1) is 11.3 Å². The molecule has 1 saturated carbocycles. The normalized spacial score (nSPS) is 15.9. The minimum absolute atomic E-state index is 0.0336. The Morgan fingerprint density at radius 2 is 2.06 bits per heavy atom. The van der Waals surface area contributed by atoms with Crippen molar-refractivity contribution >= 4 is 9.84 Å². The molecule has 4 nitrogen and oxygen atoms in total. The summed E-state index contributed by atoms with van der Waals surface area (Å²) in [5.41, 5.74) is 0.865. The van der Waals surface area contributed by atoms with E-state index in [0.29, 0.717) is 18.5 Å². The van der Waals surface area contributed by atoms with Crippen LogP contribution < -0.4 is 0 Å². The molecule has 17 heavy (non-hydrogen) atoms. The van der Waals surface area contributed by atoms with Crippen LogP contribution in [0.5, 0.6) is 0 Å². The summed E-state index contributed by atoms with van der Waals surface area (Å²) in [5.74, 6) is 0.149. The fourth-order valence-electron chi connectivity index (χ4n) is 1.61. The van der Waals surface area contributed by atoms with Gasteiger partial charge in [-0.1, -0.05) is 13.8 Å². The van der Waals surface area contributed by atoms with Gasteiger partial charge in [-0.25, -0.2) is 13.4 Å². The van der Waals surface area contributed by atoms with Gasteiger partial charge in [0.2, 0.25) is 0 Å². The summed E-state index contributed by atoms with van der Waals surface area (Å²) >= 11 is 0. The number of nitrogens with zero attached hydrogens (tertiary/aromatic N) is 2. The average Bonchev–Trinajstić information content (AvgIpc) is 3.12. The van der Waals surface area contributed by atoms with E-state index in [1.54, 1.807) is 12.1 Å². The number of aromatic nitrogens is 1. The maximum Gasteiger partial charge on any atom is 0.199 e. The molecule has 0 aromatic carbocycles. The van der Waals surface area contributed by atoms with Crippen molar-refractivity contribution in [1.82, 2.24) is 4.98 Å². The Kier molecular flexibility index (Phi) is 2.92. The molecule has 2 rings (SSSR count). The first-order chi connectivity index (χ1) is 7.96. The highest BCUT2D eigenvalue weighted by Crippen LogP contribution is 2.34. The molecular formula is C12H14N2O2S. The van der Waals surface area contributed by atoms with Crippen molar-refractivity contribution < 1.29 is 8.42 Å². The summed E-state index contributed by atoms with van der Waals surface area (Å²) in [4.78, 5) is 4.17. The molecule has 1 aromatic rings. The number of rotatable bonds is 3. The Bertz CT molecular complexity index is 581. The van der Waals surface area contributed by atoms with Gasteiger partial charge in [0.25, 0.3) is 0 Å². The van der Waals surface area contributed by atoms with Crippen LogP contribution >= 0.6 is 0 Å². The lowest BCUT2D eigenvalue weighted by atomic mass is 10.1. The van der Waals surface area contributed by atoms with Crippen molar-refractivity contribution in [2.24, 2.45) is 0 Å². The van der Waals surface area contributed by atoms with Gasteiger partial charge in [-0.15, -0.1) is 0 Å². The summed E-state index contributed by atoms with van der Waals surface area (Å²) in [6.45, 7) is 3.89. The molecule has 1 aromatic heterocycles. The lowest BCUT2D eigenvalue weighted by molar-refractivity contribution is 0.589. The summed E-state index contributed by atoms with van der Waals surface area (Å²) in [6, 6.07) is 5.18. The molecule has 0 bridgehead atoms. The van der Waals surface area contributed by atoms with Crippen molar-refractivity contribution in [3.05, 3.63) is 23.4 Å². The predicted octanol–water partition coefficient (Wildman–Crippen LogP) is 2.01. The molecular weight excluding hydrogens is 236 g/mol. The maximum atomic E-state index is 12.1. The first-order valence-electron chi connectivity index (χ1n) is 5.61. The van der Waals surface area contributed by atoms with Gasteiger partial charge in [-0.3, -0.25) is 0 Å². The predicted molar refractivity (Wildman–Crippen MR) is 63.2 cm³/mol. The Morgan fingerprint density at radius 1 is 1.41 bits per heavy atom. The van der Waals surface area contributed by atoms with E-state index in [2.05, 4.69) is 4.98 Å². The third-order valence-corrected chi connectivity index (χ3v) is 5.03. The van der Waals surface area contributed by atoms with Crippen LogP contribution in [-0.4, -0.2) is 18.7 Å². The number of hydrogen-bond donors (Lipinski definition) is 0. The molecule has 1 aliphatic carbocycles. The van der Waals surface area contributed by atoms with Crippen molar-refractivity contribution in [3.8, 4) is 6.07 Å². The zero-order valence-electron chi connectivity index (χ0n) is 9.84. The molecule has 90 valence electrons. The van der Waals surface area contributed by atoms with E-state index >= 15 is 0 Å². The first kappa shape index (κ1) is 12.1. The zero-order valence-corrected chi connectivity index (χ0v) is 10.7. The summed E-state index contributed by atoms with van der Waals surface area (Å²) in [6.07, 6.45) is 1.36. The van der Waals surface area contributed by atoms with Gasteiger partial charge in [0.15, 0.2) is 14.9 Å². The highest BCUT2D eigenvalue weighted by atomic mass is 32.2. The van der Waals surface area contributed by atoms with Gasteiger partial charge < -0.3 is 0 Å². The van der Waals surface area contributed by atoms with Gasteiger partial charge in [0.1, 0.15) is 6.07 Å². The topological polar surface area (TPSA) is 70.8 Å². The largest absolute Gasteiger partial charge is 0.240 e. The molecule has 0 amide bonds. The van der Waals surface area contributed by atoms with Crippen molar-refractivity contribution in [1.29, 1.82) is 5.26 Å². The minimum Gasteiger partial charge on any atom is -0.240 e. The van der Waals surface area contributed by atoms with E-state index in [9.17, 15) is 8.42 Å². The van der Waals surface area contributed by atoms with Crippen molar-refractivity contribution in [2.45, 2.75) is 42.9 Å². The highest BCUT2D eigenvalue weighted by Gasteiger charge is 2.39. The fraction of sp³-hybridized carbons (Fsp3) is 0.500. The Hall–Kier alpha value is -1.41. The van der Waals surface area contributed by atoms with Crippen LogP contribution in [-0.2, 0) is 9.84 Å². The molecule has 1 fully saturated rings. The molecule has 0 radical (unpaired) electrons. The van der Waals surface area contributed by atoms with Gasteiger partial charge in [-0.2, -0.15) is 5.26 Å². The standard InChI is InChI=1S/C12H14N2O2S/c1-8(2)11-6-3-9(7-13)12(14-11)17(15,16)10-4-5-10/h3,6,8,10H,4-5H2,1-2H3. The first-order valence-corrected chi connectivity index (χ1v) is 7.16. The second kappa shape index (κ2) is 4.11. The highest BCUT2D eigenvalue weighted by molar-refractivity contribution is 7.92. The molecule has 0 atom stereocenters. The lowest BCUT2D eigenvalue weighted by Gasteiger charge is -2.09. The zero-order chi connectivity index (χ0) is 12.6. The van der Waals surface area contributed by atoms with E-state index in [-0.39, 0.29) is 21.8 Å². The summed E-state index contributed by atoms with van der Waals surface area (Å²) < 4.78 is 24.3. The van der Waals surface area contributed by atoms with E-state index < -0.39 is 9.84 Å². The minimum atomic E-state index is -3.40. The Labute approximate surface area is 101 Å². The van der Waals surface area contributed by atoms with E-state index in [1.807, 2.05) is 19.9 Å². The fourth-order valence-corrected chi connectivity index (χ4v) is 3.34. The van der Waals surface area contributed by atoms with Gasteiger partial charge in [0.05, 0.1) is 10.8 Å². The second-order valence-electron chi connectivity index (χ2n) is 4.60. The number of nitriles is 1. The van der Waals surface area contributed by atoms with Crippen LogP contribution in [0.4, 0.5) is 0 Å². The third-order valence-electron chi connectivity index (χ3n) is 2.83. The van der Waals surface area contributed by atoms with Crippen LogP contribution in [0.15, 0.2) is 17.2 Å². The smallest absolute Gasteiger partial charge is 0.199 e. The third kappa shape index (κ3) is 2.18. The quantitative estimate of drug-likeness (QED) is 0.822. The monoisotopic (exact) mass is 250 g/mol. The van der Waals surface area contributed by atoms with Crippen LogP contribution in [0.25, 0.3) is 0 Å². The Morgan fingerprint density at radius 3 is 2.53 bits per heavy atom. The van der Waals surface area contributed by atoms with Crippen LogP contribution in [0.1, 0.15) is 43.9 Å². The van der Waals surface area contributed by atoms with E-state index in [0.717, 1.165) is 0 Å². The molecule has 0 spiro atoms. The summed E-state index contributed by atoms with van der Waals surface area (Å²) in [7, 11) is -3.40.